The number of rotatable bonds is 4. The molecule has 3 nitrogen and oxygen atoms in total. The van der Waals surface area contributed by atoms with Crippen LogP contribution >= 0.6 is 38.9 Å². The molecule has 0 aliphatic rings. The standard InChI is InChI=1S/C19H13BrClNO2S/c20-13-1-3-15-11(5-19(23)24)8-22(17(15)6-13)9-12-10-25-18-4-2-14(21)7-16(12)18/h1-4,6-8,10H,5,9H2,(H,23,24). The summed E-state index contributed by atoms with van der Waals surface area (Å²) in [5, 5.41) is 14.2. The molecule has 126 valence electrons. The molecule has 0 fully saturated rings. The van der Waals surface area contributed by atoms with Crippen LogP contribution in [0.5, 0.6) is 0 Å². The fraction of sp³-hybridized carbons (Fsp3) is 0.105. The molecule has 2 aromatic carbocycles. The Labute approximate surface area is 161 Å². The third kappa shape index (κ3) is 3.19. The Kier molecular flexibility index (Phi) is 4.31. The summed E-state index contributed by atoms with van der Waals surface area (Å²) in [5.41, 5.74) is 3.03. The van der Waals surface area contributed by atoms with Gasteiger partial charge < -0.3 is 9.67 Å². The van der Waals surface area contributed by atoms with Crippen molar-refractivity contribution < 1.29 is 9.90 Å². The van der Waals surface area contributed by atoms with Gasteiger partial charge in [-0.25, -0.2) is 0 Å². The summed E-state index contributed by atoms with van der Waals surface area (Å²) in [6.45, 7) is 0.674. The van der Waals surface area contributed by atoms with Gasteiger partial charge in [-0.2, -0.15) is 0 Å². The van der Waals surface area contributed by atoms with Crippen molar-refractivity contribution in [3.63, 3.8) is 0 Å². The van der Waals surface area contributed by atoms with Crippen LogP contribution < -0.4 is 0 Å². The van der Waals surface area contributed by atoms with Crippen LogP contribution in [0.25, 0.3) is 21.0 Å². The summed E-state index contributed by atoms with van der Waals surface area (Å²) in [7, 11) is 0. The van der Waals surface area contributed by atoms with Gasteiger partial charge in [-0.1, -0.05) is 33.6 Å². The van der Waals surface area contributed by atoms with E-state index in [2.05, 4.69) is 25.9 Å². The molecule has 0 bridgehead atoms. The summed E-state index contributed by atoms with van der Waals surface area (Å²) in [6.07, 6.45) is 1.96. The molecule has 0 aliphatic heterocycles. The normalized spacial score (nSPS) is 11.4. The lowest BCUT2D eigenvalue weighted by Crippen LogP contribution is -2.00. The van der Waals surface area contributed by atoms with Gasteiger partial charge in [0.1, 0.15) is 0 Å². The van der Waals surface area contributed by atoms with Gasteiger partial charge in [0, 0.05) is 37.8 Å². The van der Waals surface area contributed by atoms with E-state index in [9.17, 15) is 9.90 Å². The van der Waals surface area contributed by atoms with Gasteiger partial charge in [-0.3, -0.25) is 4.79 Å². The third-order valence-corrected chi connectivity index (χ3v) is 5.97. The minimum Gasteiger partial charge on any atom is -0.481 e. The molecule has 0 saturated heterocycles. The van der Waals surface area contributed by atoms with Crippen molar-refractivity contribution in [3.05, 3.63) is 68.6 Å². The summed E-state index contributed by atoms with van der Waals surface area (Å²) < 4.78 is 4.28. The highest BCUT2D eigenvalue weighted by molar-refractivity contribution is 9.10. The minimum absolute atomic E-state index is 0.0152. The van der Waals surface area contributed by atoms with Crippen LogP contribution in [0.1, 0.15) is 11.1 Å². The van der Waals surface area contributed by atoms with Crippen LogP contribution in [0.3, 0.4) is 0 Å². The zero-order valence-electron chi connectivity index (χ0n) is 13.0. The molecule has 2 aromatic heterocycles. The molecular formula is C19H13BrClNO2S. The van der Waals surface area contributed by atoms with Crippen molar-refractivity contribution >= 4 is 65.8 Å². The second-order valence-electron chi connectivity index (χ2n) is 5.92. The van der Waals surface area contributed by atoms with Gasteiger partial charge in [-0.05, 0) is 52.2 Å². The monoisotopic (exact) mass is 433 g/mol. The number of hydrogen-bond acceptors (Lipinski definition) is 2. The predicted molar refractivity (Wildman–Crippen MR) is 107 cm³/mol. The number of benzene rings is 2. The van der Waals surface area contributed by atoms with Crippen LogP contribution in [-0.4, -0.2) is 15.6 Å². The topological polar surface area (TPSA) is 42.2 Å². The number of carbonyl (C=O) groups is 1. The molecule has 4 rings (SSSR count). The van der Waals surface area contributed by atoms with E-state index in [0.29, 0.717) is 6.54 Å². The molecule has 0 spiro atoms. The number of fused-ring (bicyclic) bond motifs is 2. The first kappa shape index (κ1) is 16.6. The summed E-state index contributed by atoms with van der Waals surface area (Å²) in [4.78, 5) is 11.2. The van der Waals surface area contributed by atoms with E-state index in [1.165, 1.54) is 10.3 Å². The molecule has 0 radical (unpaired) electrons. The van der Waals surface area contributed by atoms with Crippen LogP contribution in [0.4, 0.5) is 0 Å². The lowest BCUT2D eigenvalue weighted by atomic mass is 10.1. The summed E-state index contributed by atoms with van der Waals surface area (Å²) >= 11 is 11.4. The van der Waals surface area contributed by atoms with E-state index < -0.39 is 5.97 Å². The molecule has 1 N–H and O–H groups in total. The molecule has 0 aliphatic carbocycles. The molecule has 0 saturated carbocycles. The quantitative estimate of drug-likeness (QED) is 0.431. The Bertz CT molecular complexity index is 1120. The first-order chi connectivity index (χ1) is 12.0. The Morgan fingerprint density at radius 2 is 2.00 bits per heavy atom. The fourth-order valence-corrected chi connectivity index (χ4v) is 4.59. The second-order valence-corrected chi connectivity index (χ2v) is 8.18. The average Bonchev–Trinajstić information content (AvgIpc) is 3.09. The molecule has 25 heavy (non-hydrogen) atoms. The second kappa shape index (κ2) is 6.48. The van der Waals surface area contributed by atoms with Crippen molar-refractivity contribution in [1.29, 1.82) is 0 Å². The zero-order chi connectivity index (χ0) is 17.6. The minimum atomic E-state index is -0.824. The van der Waals surface area contributed by atoms with E-state index in [1.807, 2.05) is 42.6 Å². The van der Waals surface area contributed by atoms with Crippen LogP contribution in [-0.2, 0) is 17.8 Å². The van der Waals surface area contributed by atoms with E-state index in [-0.39, 0.29) is 6.42 Å². The molecule has 2 heterocycles. The average molecular weight is 435 g/mol. The number of nitrogens with zero attached hydrogens (tertiary/aromatic N) is 1. The highest BCUT2D eigenvalue weighted by atomic mass is 79.9. The smallest absolute Gasteiger partial charge is 0.307 e. The number of halogens is 2. The van der Waals surface area contributed by atoms with Gasteiger partial charge in [0.25, 0.3) is 0 Å². The predicted octanol–water partition coefficient (Wildman–Crippen LogP) is 5.95. The maximum absolute atomic E-state index is 11.2. The molecular weight excluding hydrogens is 422 g/mol. The van der Waals surface area contributed by atoms with E-state index in [4.69, 9.17) is 11.6 Å². The van der Waals surface area contributed by atoms with Gasteiger partial charge in [0.05, 0.1) is 6.42 Å². The number of carboxylic acid groups (broad SMARTS) is 1. The summed E-state index contributed by atoms with van der Waals surface area (Å²) in [5.74, 6) is -0.824. The maximum Gasteiger partial charge on any atom is 0.307 e. The Balaban J connectivity index is 1.84. The van der Waals surface area contributed by atoms with Gasteiger partial charge in [0.15, 0.2) is 0 Å². The Hall–Kier alpha value is -1.82. The van der Waals surface area contributed by atoms with Gasteiger partial charge >= 0.3 is 5.97 Å². The zero-order valence-corrected chi connectivity index (χ0v) is 16.2. The highest BCUT2D eigenvalue weighted by Crippen LogP contribution is 2.31. The first-order valence-corrected chi connectivity index (χ1v) is 9.71. The number of carboxylic acids is 1. The van der Waals surface area contributed by atoms with E-state index in [0.717, 1.165) is 31.3 Å². The molecule has 0 unspecified atom stereocenters. The van der Waals surface area contributed by atoms with Crippen molar-refractivity contribution in [2.24, 2.45) is 0 Å². The number of aliphatic carboxylic acids is 1. The maximum atomic E-state index is 11.2. The number of hydrogen-bond donors (Lipinski definition) is 1. The fourth-order valence-electron chi connectivity index (χ4n) is 3.14. The van der Waals surface area contributed by atoms with Gasteiger partial charge in [0.2, 0.25) is 0 Å². The van der Waals surface area contributed by atoms with E-state index in [1.54, 1.807) is 11.3 Å². The van der Waals surface area contributed by atoms with Crippen LogP contribution in [0.2, 0.25) is 5.02 Å². The first-order valence-electron chi connectivity index (χ1n) is 7.66. The van der Waals surface area contributed by atoms with Crippen LogP contribution in [0.15, 0.2) is 52.4 Å². The molecule has 0 amide bonds. The van der Waals surface area contributed by atoms with Crippen molar-refractivity contribution in [1.82, 2.24) is 4.57 Å². The molecule has 6 heteroatoms. The highest BCUT2D eigenvalue weighted by Gasteiger charge is 2.13. The van der Waals surface area contributed by atoms with Crippen molar-refractivity contribution in [2.75, 3.05) is 0 Å². The van der Waals surface area contributed by atoms with E-state index >= 15 is 0 Å². The van der Waals surface area contributed by atoms with Crippen molar-refractivity contribution in [2.45, 2.75) is 13.0 Å². The lowest BCUT2D eigenvalue weighted by Gasteiger charge is -2.05. The lowest BCUT2D eigenvalue weighted by molar-refractivity contribution is -0.136. The summed E-state index contributed by atoms with van der Waals surface area (Å²) in [6, 6.07) is 11.9. The number of thiophene rings is 1. The van der Waals surface area contributed by atoms with Crippen molar-refractivity contribution in [3.8, 4) is 0 Å². The van der Waals surface area contributed by atoms with Gasteiger partial charge in [-0.15, -0.1) is 11.3 Å². The number of aromatic nitrogens is 1. The third-order valence-electron chi connectivity index (χ3n) is 4.22. The SMILES string of the molecule is O=C(O)Cc1cn(Cc2csc3ccc(Cl)cc23)c2cc(Br)ccc12. The molecule has 0 atom stereocenters. The molecule has 4 aromatic rings. The Morgan fingerprint density at radius 1 is 1.16 bits per heavy atom. The van der Waals surface area contributed by atoms with Crippen LogP contribution in [0, 0.1) is 0 Å². The Morgan fingerprint density at radius 3 is 2.80 bits per heavy atom. The largest absolute Gasteiger partial charge is 0.481 e.